The van der Waals surface area contributed by atoms with Crippen molar-refractivity contribution in [3.05, 3.63) is 0 Å². The third-order valence-electron chi connectivity index (χ3n) is 3.94. The van der Waals surface area contributed by atoms with Gasteiger partial charge in [-0.05, 0) is 37.5 Å². The quantitative estimate of drug-likeness (QED) is 0.686. The lowest BCUT2D eigenvalue weighted by atomic mass is 9.71. The van der Waals surface area contributed by atoms with Gasteiger partial charge in [-0.1, -0.05) is 13.8 Å². The van der Waals surface area contributed by atoms with Crippen LogP contribution in [0.25, 0.3) is 0 Å². The highest BCUT2D eigenvalue weighted by Gasteiger charge is 2.36. The zero-order chi connectivity index (χ0) is 14.5. The largest absolute Gasteiger partial charge is 0.481 e. The maximum atomic E-state index is 11.5. The first kappa shape index (κ1) is 16.0. The molecule has 1 saturated carbocycles. The number of carbonyl (C=O) groups excluding carboxylic acids is 1. The molecule has 5 heteroatoms. The number of amides is 1. The summed E-state index contributed by atoms with van der Waals surface area (Å²) < 4.78 is 0. The van der Waals surface area contributed by atoms with E-state index in [1.165, 1.54) is 0 Å². The molecule has 1 fully saturated rings. The third-order valence-corrected chi connectivity index (χ3v) is 3.94. The van der Waals surface area contributed by atoms with Crippen molar-refractivity contribution in [2.75, 3.05) is 6.54 Å². The Morgan fingerprint density at radius 3 is 2.21 bits per heavy atom. The first-order valence-electron chi connectivity index (χ1n) is 6.93. The fraction of sp³-hybridized carbons (Fsp3) is 0.857. The lowest BCUT2D eigenvalue weighted by Crippen LogP contribution is -2.46. The summed E-state index contributed by atoms with van der Waals surface area (Å²) >= 11 is 0. The van der Waals surface area contributed by atoms with Crippen LogP contribution in [0.15, 0.2) is 0 Å². The van der Waals surface area contributed by atoms with Gasteiger partial charge < -0.3 is 15.5 Å². The van der Waals surface area contributed by atoms with Crippen LogP contribution in [0.5, 0.6) is 0 Å². The zero-order valence-electron chi connectivity index (χ0n) is 11.9. The van der Waals surface area contributed by atoms with E-state index in [0.717, 1.165) is 12.8 Å². The van der Waals surface area contributed by atoms with Gasteiger partial charge in [-0.25, -0.2) is 0 Å². The number of nitrogens with one attached hydrogen (secondary N) is 1. The second-order valence-corrected chi connectivity index (χ2v) is 6.41. The molecular weight excluding hydrogens is 246 g/mol. The van der Waals surface area contributed by atoms with Crippen LogP contribution in [0.4, 0.5) is 0 Å². The molecule has 0 heterocycles. The van der Waals surface area contributed by atoms with E-state index in [0.29, 0.717) is 19.3 Å². The minimum absolute atomic E-state index is 0.00583. The molecule has 0 aromatic rings. The molecule has 1 rings (SSSR count). The molecule has 0 saturated heterocycles. The molecule has 0 aromatic carbocycles. The third kappa shape index (κ3) is 6.05. The van der Waals surface area contributed by atoms with E-state index in [1.807, 2.05) is 0 Å². The van der Waals surface area contributed by atoms with E-state index in [9.17, 15) is 14.7 Å². The van der Waals surface area contributed by atoms with Crippen molar-refractivity contribution in [2.24, 2.45) is 5.41 Å². The summed E-state index contributed by atoms with van der Waals surface area (Å²) in [5.74, 6) is -1.07. The van der Waals surface area contributed by atoms with Gasteiger partial charge in [0, 0.05) is 19.4 Å². The summed E-state index contributed by atoms with van der Waals surface area (Å²) in [6.45, 7) is 4.66. The van der Waals surface area contributed by atoms with E-state index < -0.39 is 11.6 Å². The Bertz CT molecular complexity index is 328. The highest BCUT2D eigenvalue weighted by molar-refractivity contribution is 5.76. The van der Waals surface area contributed by atoms with Crippen molar-refractivity contribution in [2.45, 2.75) is 64.4 Å². The smallest absolute Gasteiger partial charge is 0.303 e. The number of aliphatic hydroxyl groups is 1. The normalized spacial score (nSPS) is 20.8. The summed E-state index contributed by atoms with van der Waals surface area (Å²) in [4.78, 5) is 21.8. The number of aliphatic carboxylic acids is 1. The molecule has 0 aromatic heterocycles. The monoisotopic (exact) mass is 271 g/mol. The summed E-state index contributed by atoms with van der Waals surface area (Å²) in [6.07, 6.45) is 3.87. The van der Waals surface area contributed by atoms with Gasteiger partial charge in [0.05, 0.1) is 5.60 Å². The summed E-state index contributed by atoms with van der Waals surface area (Å²) in [5, 5.41) is 21.5. The lowest BCUT2D eigenvalue weighted by molar-refractivity contribution is -0.137. The Balaban J connectivity index is 2.24. The maximum absolute atomic E-state index is 11.5. The molecule has 3 N–H and O–H groups in total. The molecule has 110 valence electrons. The summed E-state index contributed by atoms with van der Waals surface area (Å²) in [7, 11) is 0. The first-order chi connectivity index (χ1) is 8.72. The fourth-order valence-corrected chi connectivity index (χ4v) is 2.32. The molecule has 0 spiro atoms. The second kappa shape index (κ2) is 6.37. The van der Waals surface area contributed by atoms with Crippen LogP contribution in [0.3, 0.4) is 0 Å². The molecule has 5 nitrogen and oxygen atoms in total. The van der Waals surface area contributed by atoms with Gasteiger partial charge in [-0.15, -0.1) is 0 Å². The van der Waals surface area contributed by atoms with Gasteiger partial charge in [0.15, 0.2) is 0 Å². The number of carbonyl (C=O) groups is 2. The standard InChI is InChI=1S/C14H25NO4/c1-13(2)6-8-14(19,9-7-13)10-15-11(16)4-3-5-12(17)18/h19H,3-10H2,1-2H3,(H,15,16)(H,17,18). The van der Waals surface area contributed by atoms with Crippen LogP contribution in [0.2, 0.25) is 0 Å². The number of hydrogen-bond donors (Lipinski definition) is 3. The topological polar surface area (TPSA) is 86.6 Å². The van der Waals surface area contributed by atoms with Crippen molar-refractivity contribution < 1.29 is 19.8 Å². The van der Waals surface area contributed by atoms with Crippen molar-refractivity contribution in [1.29, 1.82) is 0 Å². The Hall–Kier alpha value is -1.10. The highest BCUT2D eigenvalue weighted by atomic mass is 16.4. The molecule has 0 atom stereocenters. The molecular formula is C14H25NO4. The minimum Gasteiger partial charge on any atom is -0.481 e. The number of rotatable bonds is 6. The average molecular weight is 271 g/mol. The van der Waals surface area contributed by atoms with Crippen LogP contribution >= 0.6 is 0 Å². The molecule has 1 amide bonds. The van der Waals surface area contributed by atoms with E-state index in [1.54, 1.807) is 0 Å². The van der Waals surface area contributed by atoms with Crippen LogP contribution in [-0.2, 0) is 9.59 Å². The van der Waals surface area contributed by atoms with Crippen molar-refractivity contribution in [3.63, 3.8) is 0 Å². The lowest BCUT2D eigenvalue weighted by Gasteiger charge is -2.40. The van der Waals surface area contributed by atoms with Gasteiger partial charge in [0.25, 0.3) is 0 Å². The Morgan fingerprint density at radius 2 is 1.68 bits per heavy atom. The van der Waals surface area contributed by atoms with Crippen molar-refractivity contribution in [1.82, 2.24) is 5.32 Å². The minimum atomic E-state index is -0.888. The summed E-state index contributed by atoms with van der Waals surface area (Å²) in [6, 6.07) is 0. The van der Waals surface area contributed by atoms with Gasteiger partial charge in [-0.2, -0.15) is 0 Å². The predicted molar refractivity (Wildman–Crippen MR) is 71.7 cm³/mol. The van der Waals surface area contributed by atoms with E-state index in [2.05, 4.69) is 19.2 Å². The number of carboxylic acid groups (broad SMARTS) is 1. The zero-order valence-corrected chi connectivity index (χ0v) is 11.9. The maximum Gasteiger partial charge on any atom is 0.303 e. The van der Waals surface area contributed by atoms with Crippen LogP contribution < -0.4 is 5.32 Å². The molecule has 1 aliphatic carbocycles. The van der Waals surface area contributed by atoms with Gasteiger partial charge in [0.1, 0.15) is 0 Å². The Kier molecular flexibility index (Phi) is 5.35. The fourth-order valence-electron chi connectivity index (χ4n) is 2.32. The molecule has 0 unspecified atom stereocenters. The van der Waals surface area contributed by atoms with Crippen LogP contribution in [-0.4, -0.2) is 34.2 Å². The van der Waals surface area contributed by atoms with E-state index in [4.69, 9.17) is 5.11 Å². The first-order valence-corrected chi connectivity index (χ1v) is 6.93. The highest BCUT2D eigenvalue weighted by Crippen LogP contribution is 2.39. The van der Waals surface area contributed by atoms with Crippen LogP contribution in [0.1, 0.15) is 58.8 Å². The van der Waals surface area contributed by atoms with Gasteiger partial charge in [-0.3, -0.25) is 9.59 Å². The average Bonchev–Trinajstić information content (AvgIpc) is 2.31. The molecule has 1 aliphatic rings. The number of carboxylic acids is 1. The summed E-state index contributed by atoms with van der Waals surface area (Å²) in [5.41, 5.74) is -0.518. The van der Waals surface area contributed by atoms with Crippen molar-refractivity contribution >= 4 is 11.9 Å². The van der Waals surface area contributed by atoms with Crippen LogP contribution in [0, 0.1) is 5.41 Å². The Morgan fingerprint density at radius 1 is 1.11 bits per heavy atom. The van der Waals surface area contributed by atoms with E-state index in [-0.39, 0.29) is 30.7 Å². The van der Waals surface area contributed by atoms with Gasteiger partial charge in [0.2, 0.25) is 5.91 Å². The second-order valence-electron chi connectivity index (χ2n) is 6.41. The molecule has 19 heavy (non-hydrogen) atoms. The predicted octanol–water partition coefficient (Wildman–Crippen LogP) is 1.69. The van der Waals surface area contributed by atoms with Crippen molar-refractivity contribution in [3.8, 4) is 0 Å². The van der Waals surface area contributed by atoms with Gasteiger partial charge >= 0.3 is 5.97 Å². The number of hydrogen-bond acceptors (Lipinski definition) is 3. The molecule has 0 bridgehead atoms. The molecule has 0 radical (unpaired) electrons. The SMILES string of the molecule is CC1(C)CCC(O)(CNC(=O)CCCC(=O)O)CC1. The molecule has 0 aliphatic heterocycles. The Labute approximate surface area is 114 Å². The van der Waals surface area contributed by atoms with E-state index >= 15 is 0 Å².